The van der Waals surface area contributed by atoms with E-state index in [1.807, 2.05) is 13.0 Å². The number of anilines is 2. The van der Waals surface area contributed by atoms with Crippen molar-refractivity contribution in [1.82, 2.24) is 0 Å². The normalized spacial score (nSPS) is 24.4. The van der Waals surface area contributed by atoms with Crippen LogP contribution >= 0.6 is 23.2 Å². The summed E-state index contributed by atoms with van der Waals surface area (Å²) in [5, 5.41) is 1.90. The van der Waals surface area contributed by atoms with E-state index in [2.05, 4.69) is 5.32 Å². The third-order valence-corrected chi connectivity index (χ3v) is 6.98. The molecule has 1 heterocycles. The average Bonchev–Trinajstić information content (AvgIpc) is 3.02. The summed E-state index contributed by atoms with van der Waals surface area (Å²) >= 11 is 12.4. The summed E-state index contributed by atoms with van der Waals surface area (Å²) in [6, 6.07) is 13.3. The number of carbonyl (C=O) groups is 4. The fourth-order valence-electron chi connectivity index (χ4n) is 4.26. The number of carbonyl (C=O) groups excluding carboxylic acids is 4. The Morgan fingerprint density at radius 1 is 1.00 bits per heavy atom. The summed E-state index contributed by atoms with van der Waals surface area (Å²) < 4.78 is 5.11. The van der Waals surface area contributed by atoms with Crippen molar-refractivity contribution in [3.8, 4) is 0 Å². The lowest BCUT2D eigenvalue weighted by atomic mass is 9.80. The van der Waals surface area contributed by atoms with Crippen LogP contribution in [0.25, 0.3) is 0 Å². The molecule has 172 valence electrons. The number of fused-ring (bicyclic) bond motifs is 1. The van der Waals surface area contributed by atoms with E-state index < -0.39 is 30.3 Å². The second-order valence-electron chi connectivity index (χ2n) is 8.27. The molecular weight excluding hydrogens is 467 g/mol. The maximum atomic E-state index is 12.9. The highest BCUT2D eigenvalue weighted by atomic mass is 35.5. The Kier molecular flexibility index (Phi) is 6.72. The number of amides is 3. The molecule has 1 saturated heterocycles. The van der Waals surface area contributed by atoms with Gasteiger partial charge >= 0.3 is 5.97 Å². The number of hydrogen-bond donors (Lipinski definition) is 1. The zero-order valence-corrected chi connectivity index (χ0v) is 19.3. The van der Waals surface area contributed by atoms with Gasteiger partial charge in [-0.2, -0.15) is 0 Å². The van der Waals surface area contributed by atoms with E-state index in [9.17, 15) is 19.2 Å². The first kappa shape index (κ1) is 23.3. The fourth-order valence-corrected chi connectivity index (χ4v) is 4.85. The topological polar surface area (TPSA) is 92.8 Å². The molecule has 2 aromatic carbocycles. The van der Waals surface area contributed by atoms with Gasteiger partial charge in [0.2, 0.25) is 11.8 Å². The molecule has 0 spiro atoms. The van der Waals surface area contributed by atoms with Crippen LogP contribution in [-0.4, -0.2) is 41.1 Å². The van der Waals surface area contributed by atoms with Crippen LogP contribution in [0, 0.1) is 18.8 Å². The molecule has 7 nitrogen and oxygen atoms in total. The van der Waals surface area contributed by atoms with Gasteiger partial charge in [0.05, 0.1) is 33.8 Å². The highest BCUT2D eigenvalue weighted by Gasteiger charge is 2.52. The van der Waals surface area contributed by atoms with Crippen molar-refractivity contribution >= 4 is 58.3 Å². The smallest absolute Gasteiger partial charge is 0.338 e. The Balaban J connectivity index is 1.42. The average molecular weight is 489 g/mol. The van der Waals surface area contributed by atoms with E-state index in [4.69, 9.17) is 27.9 Å². The zero-order valence-electron chi connectivity index (χ0n) is 17.8. The predicted molar refractivity (Wildman–Crippen MR) is 125 cm³/mol. The minimum atomic E-state index is -0.741. The molecule has 1 aliphatic carbocycles. The number of imide groups is 1. The van der Waals surface area contributed by atoms with Gasteiger partial charge in [0, 0.05) is 5.69 Å². The first-order chi connectivity index (χ1) is 15.7. The van der Waals surface area contributed by atoms with E-state index in [1.165, 1.54) is 12.1 Å². The molecule has 0 radical (unpaired) electrons. The van der Waals surface area contributed by atoms with Gasteiger partial charge in [0.25, 0.3) is 5.91 Å². The van der Waals surface area contributed by atoms with Crippen LogP contribution in [-0.2, 0) is 19.1 Å². The monoisotopic (exact) mass is 488 g/mol. The zero-order chi connectivity index (χ0) is 23.7. The van der Waals surface area contributed by atoms with Crippen LogP contribution < -0.4 is 10.2 Å². The standard InChI is InChI=1S/C24H22Cl2N2O5/c1-13-4-2-6-15(8-13)27-21(29)12-33-24(32)14-5-3-7-16(9-14)28-22(30)17-10-19(25)20(26)11-18(17)23(28)31/h2-9,17-20H,10-12H2,1H3,(H,27,29)/t17-,18-,19-,20+/m1/s1. The summed E-state index contributed by atoms with van der Waals surface area (Å²) in [4.78, 5) is 51.6. The number of rotatable bonds is 5. The summed E-state index contributed by atoms with van der Waals surface area (Å²) in [6.45, 7) is 1.42. The van der Waals surface area contributed by atoms with Crippen molar-refractivity contribution in [3.05, 3.63) is 59.7 Å². The van der Waals surface area contributed by atoms with Gasteiger partial charge in [0.15, 0.2) is 6.61 Å². The second-order valence-corrected chi connectivity index (χ2v) is 9.39. The van der Waals surface area contributed by atoms with Crippen LogP contribution in [0.15, 0.2) is 48.5 Å². The van der Waals surface area contributed by atoms with Gasteiger partial charge in [-0.25, -0.2) is 4.79 Å². The van der Waals surface area contributed by atoms with Crippen molar-refractivity contribution < 1.29 is 23.9 Å². The van der Waals surface area contributed by atoms with Gasteiger partial charge < -0.3 is 10.1 Å². The molecule has 1 aliphatic heterocycles. The molecular formula is C24H22Cl2N2O5. The third-order valence-electron chi connectivity index (χ3n) is 5.89. The van der Waals surface area contributed by atoms with E-state index in [0.717, 1.165) is 10.5 Å². The van der Waals surface area contributed by atoms with E-state index in [1.54, 1.807) is 30.3 Å². The Hall–Kier alpha value is -2.90. The van der Waals surface area contributed by atoms with Crippen LogP contribution in [0.1, 0.15) is 28.8 Å². The number of esters is 1. The molecule has 2 aromatic rings. The molecule has 3 amide bonds. The highest BCUT2D eigenvalue weighted by Crippen LogP contribution is 2.43. The van der Waals surface area contributed by atoms with Crippen molar-refractivity contribution in [3.63, 3.8) is 0 Å². The molecule has 0 aromatic heterocycles. The number of ether oxygens (including phenoxy) is 1. The Bertz CT molecular complexity index is 1090. The molecule has 2 fully saturated rings. The first-order valence-corrected chi connectivity index (χ1v) is 11.4. The van der Waals surface area contributed by atoms with Crippen LogP contribution in [0.5, 0.6) is 0 Å². The van der Waals surface area contributed by atoms with Crippen molar-refractivity contribution in [2.45, 2.75) is 30.5 Å². The molecule has 4 atom stereocenters. The summed E-state index contributed by atoms with van der Waals surface area (Å²) in [7, 11) is 0. The molecule has 9 heteroatoms. The van der Waals surface area contributed by atoms with Crippen molar-refractivity contribution in [2.75, 3.05) is 16.8 Å². The molecule has 1 N–H and O–H groups in total. The van der Waals surface area contributed by atoms with Gasteiger partial charge in [-0.05, 0) is 55.7 Å². The van der Waals surface area contributed by atoms with Gasteiger partial charge in [-0.1, -0.05) is 18.2 Å². The molecule has 33 heavy (non-hydrogen) atoms. The first-order valence-electron chi connectivity index (χ1n) is 10.5. The number of aryl methyl sites for hydroxylation is 1. The molecule has 0 bridgehead atoms. The van der Waals surface area contributed by atoms with Crippen LogP contribution in [0.4, 0.5) is 11.4 Å². The van der Waals surface area contributed by atoms with E-state index in [-0.39, 0.29) is 33.8 Å². The number of hydrogen-bond acceptors (Lipinski definition) is 5. The summed E-state index contributed by atoms with van der Waals surface area (Å²) in [5.41, 5.74) is 1.98. The number of nitrogens with zero attached hydrogens (tertiary/aromatic N) is 1. The van der Waals surface area contributed by atoms with Gasteiger partial charge in [-0.15, -0.1) is 23.2 Å². The summed E-state index contributed by atoms with van der Waals surface area (Å²) in [5.74, 6) is -2.95. The van der Waals surface area contributed by atoms with Gasteiger partial charge in [-0.3, -0.25) is 19.3 Å². The van der Waals surface area contributed by atoms with Gasteiger partial charge in [0.1, 0.15) is 0 Å². The largest absolute Gasteiger partial charge is 0.452 e. The SMILES string of the molecule is Cc1cccc(NC(=O)COC(=O)c2cccc(N3C(=O)[C@@H]4C[C@@H](Cl)[C@@H](Cl)C[C@H]4C3=O)c2)c1. The quantitative estimate of drug-likeness (QED) is 0.391. The third kappa shape index (κ3) is 4.89. The lowest BCUT2D eigenvalue weighted by molar-refractivity contribution is -0.122. The molecule has 1 saturated carbocycles. The predicted octanol–water partition coefficient (Wildman–Crippen LogP) is 3.90. The minimum absolute atomic E-state index is 0.122. The Morgan fingerprint density at radius 2 is 1.64 bits per heavy atom. The molecule has 0 unspecified atom stereocenters. The summed E-state index contributed by atoms with van der Waals surface area (Å²) in [6.07, 6.45) is 0.665. The maximum absolute atomic E-state index is 12.9. The lowest BCUT2D eigenvalue weighted by Crippen LogP contribution is -2.34. The van der Waals surface area contributed by atoms with E-state index >= 15 is 0 Å². The number of nitrogens with one attached hydrogen (secondary N) is 1. The molecule has 2 aliphatic rings. The van der Waals surface area contributed by atoms with Crippen LogP contribution in [0.2, 0.25) is 0 Å². The van der Waals surface area contributed by atoms with Crippen molar-refractivity contribution in [2.24, 2.45) is 11.8 Å². The number of benzene rings is 2. The maximum Gasteiger partial charge on any atom is 0.338 e. The van der Waals surface area contributed by atoms with E-state index in [0.29, 0.717) is 18.5 Å². The van der Waals surface area contributed by atoms with Crippen LogP contribution in [0.3, 0.4) is 0 Å². The Morgan fingerprint density at radius 3 is 2.27 bits per heavy atom. The van der Waals surface area contributed by atoms with Crippen molar-refractivity contribution in [1.29, 1.82) is 0 Å². The highest BCUT2D eigenvalue weighted by molar-refractivity contribution is 6.31. The fraction of sp³-hybridized carbons (Fsp3) is 0.333. The lowest BCUT2D eigenvalue weighted by Gasteiger charge is -2.28. The molecule has 4 rings (SSSR count). The number of alkyl halides is 2. The minimum Gasteiger partial charge on any atom is -0.452 e. The second kappa shape index (κ2) is 9.53. The Labute approximate surface area is 201 Å². The number of halogens is 2.